The zero-order valence-electron chi connectivity index (χ0n) is 16.7. The predicted molar refractivity (Wildman–Crippen MR) is 121 cm³/mol. The molecule has 1 saturated heterocycles. The highest BCUT2D eigenvalue weighted by Gasteiger charge is 2.35. The van der Waals surface area contributed by atoms with Gasteiger partial charge in [0.2, 0.25) is 0 Å². The number of likely N-dealkylation sites (N-methyl/N-ethyl adjacent to an activating group) is 2. The van der Waals surface area contributed by atoms with Crippen LogP contribution in [0.4, 0.5) is 5.69 Å². The van der Waals surface area contributed by atoms with Crippen molar-refractivity contribution in [1.29, 1.82) is 0 Å². The van der Waals surface area contributed by atoms with Gasteiger partial charge in [-0.05, 0) is 31.3 Å². The quantitative estimate of drug-likeness (QED) is 0.637. The molecule has 152 valence electrons. The summed E-state index contributed by atoms with van der Waals surface area (Å²) in [5.41, 5.74) is 1.33. The number of aromatic nitrogens is 1. The maximum Gasteiger partial charge on any atom is 0.279 e. The third-order valence-electron chi connectivity index (χ3n) is 5.05. The molecule has 0 N–H and O–H groups in total. The molecule has 3 heterocycles. The van der Waals surface area contributed by atoms with Crippen molar-refractivity contribution in [2.75, 3.05) is 33.2 Å². The molecule has 2 aliphatic heterocycles. The highest BCUT2D eigenvalue weighted by molar-refractivity contribution is 8.08. The van der Waals surface area contributed by atoms with E-state index in [0.29, 0.717) is 26.5 Å². The number of thiazole rings is 1. The van der Waals surface area contributed by atoms with Gasteiger partial charge in [0.25, 0.3) is 11.5 Å². The summed E-state index contributed by atoms with van der Waals surface area (Å²) in [5.74, 6) is 0.568. The number of nitrogens with zero attached hydrogens (tertiary/aromatic N) is 4. The summed E-state index contributed by atoms with van der Waals surface area (Å²) in [6, 6.07) is 5.86. The lowest BCUT2D eigenvalue weighted by Crippen LogP contribution is -2.35. The summed E-state index contributed by atoms with van der Waals surface area (Å²) in [6.45, 7) is 2.37. The second kappa shape index (κ2) is 7.19. The van der Waals surface area contributed by atoms with E-state index < -0.39 is 0 Å². The number of rotatable bonds is 2. The van der Waals surface area contributed by atoms with E-state index in [1.807, 2.05) is 37.1 Å². The lowest BCUT2D eigenvalue weighted by Gasteiger charge is -2.13. The number of amides is 1. The Balaban J connectivity index is 1.99. The first-order valence-corrected chi connectivity index (χ1v) is 11.0. The van der Waals surface area contributed by atoms with Crippen LogP contribution in [0, 0.1) is 0 Å². The molecule has 0 radical (unpaired) electrons. The molecule has 0 unspecified atom stereocenters. The molecule has 0 atom stereocenters. The van der Waals surface area contributed by atoms with Gasteiger partial charge in [-0.2, -0.15) is 0 Å². The average Bonchev–Trinajstić information content (AvgIpc) is 3.28. The molecule has 10 heteroatoms. The summed E-state index contributed by atoms with van der Waals surface area (Å²) < 4.78 is 8.22. The van der Waals surface area contributed by atoms with E-state index in [9.17, 15) is 9.59 Å². The number of ether oxygens (including phenoxy) is 1. The second-order valence-corrected chi connectivity index (χ2v) is 9.03. The number of anilines is 1. The maximum absolute atomic E-state index is 13.3. The van der Waals surface area contributed by atoms with E-state index >= 15 is 0 Å². The fraction of sp³-hybridized carbons (Fsp3) is 0.316. The van der Waals surface area contributed by atoms with Crippen molar-refractivity contribution in [1.82, 2.24) is 14.4 Å². The van der Waals surface area contributed by atoms with Crippen LogP contribution in [0.5, 0.6) is 5.75 Å². The highest BCUT2D eigenvalue weighted by atomic mass is 32.2. The first-order chi connectivity index (χ1) is 13.8. The smallest absolute Gasteiger partial charge is 0.279 e. The minimum atomic E-state index is -0.196. The first-order valence-electron chi connectivity index (χ1n) is 8.93. The van der Waals surface area contributed by atoms with Gasteiger partial charge in [-0.15, -0.1) is 11.3 Å². The zero-order chi connectivity index (χ0) is 21.0. The normalized spacial score (nSPS) is 20.1. The second-order valence-electron chi connectivity index (χ2n) is 6.64. The Hall–Kier alpha value is -2.30. The lowest BCUT2D eigenvalue weighted by molar-refractivity contribution is -0.120. The van der Waals surface area contributed by atoms with E-state index in [-0.39, 0.29) is 11.5 Å². The number of thioether (sulfide) groups is 1. The number of carbonyl (C=O) groups is 1. The molecule has 0 saturated carbocycles. The molecule has 4 rings (SSSR count). The molecule has 7 nitrogen and oxygen atoms in total. The van der Waals surface area contributed by atoms with Gasteiger partial charge in [0, 0.05) is 38.6 Å². The van der Waals surface area contributed by atoms with Crippen LogP contribution in [0.15, 0.2) is 27.9 Å². The molecule has 0 spiro atoms. The van der Waals surface area contributed by atoms with Gasteiger partial charge in [0.05, 0.1) is 12.8 Å². The standard InChI is InChI=1S/C19H20N4O3S3/c1-6-23-16(25)14(29-17(23)13-15(24)22(4)19(27)21(13)3)18-20(2)11-9-10(26-5)7-8-12(11)28-18/h7-9H,6H2,1-5H3. The fourth-order valence-corrected chi connectivity index (χ4v) is 6.15. The summed E-state index contributed by atoms with van der Waals surface area (Å²) in [6.07, 6.45) is 0. The molecule has 2 aliphatic rings. The highest BCUT2D eigenvalue weighted by Crippen LogP contribution is 2.46. The minimum absolute atomic E-state index is 0.101. The number of thiocarbonyl (C=S) groups is 1. The molecule has 1 aromatic carbocycles. The topological polar surface area (TPSA) is 58.0 Å². The van der Waals surface area contributed by atoms with Gasteiger partial charge in [-0.1, -0.05) is 11.8 Å². The molecular formula is C19H20N4O3S3. The minimum Gasteiger partial charge on any atom is -0.497 e. The molecule has 1 aromatic heterocycles. The number of methoxy groups -OCH3 is 1. The Morgan fingerprint density at radius 2 is 1.83 bits per heavy atom. The van der Waals surface area contributed by atoms with Crippen LogP contribution in [0.3, 0.4) is 0 Å². The van der Waals surface area contributed by atoms with Gasteiger partial charge in [0.1, 0.15) is 25.7 Å². The predicted octanol–water partition coefficient (Wildman–Crippen LogP) is 1.04. The summed E-state index contributed by atoms with van der Waals surface area (Å²) in [5, 5.41) is 1.27. The van der Waals surface area contributed by atoms with E-state index in [0.717, 1.165) is 21.4 Å². The lowest BCUT2D eigenvalue weighted by atomic mass is 10.3. The number of carbonyl (C=O) groups excluding carboxylic acids is 1. The molecule has 2 aromatic rings. The molecule has 1 fully saturated rings. The molecule has 0 bridgehead atoms. The Labute approximate surface area is 181 Å². The molecular weight excluding hydrogens is 428 g/mol. The zero-order valence-corrected chi connectivity index (χ0v) is 19.1. The van der Waals surface area contributed by atoms with E-state index in [1.54, 1.807) is 42.4 Å². The van der Waals surface area contributed by atoms with E-state index in [4.69, 9.17) is 17.0 Å². The largest absolute Gasteiger partial charge is 0.497 e. The summed E-state index contributed by atoms with van der Waals surface area (Å²) in [7, 11) is 6.98. The fourth-order valence-electron chi connectivity index (χ4n) is 3.41. The number of benzene rings is 1. The summed E-state index contributed by atoms with van der Waals surface area (Å²) >= 11 is 8.22. The van der Waals surface area contributed by atoms with Crippen LogP contribution in [0.1, 0.15) is 6.92 Å². The Morgan fingerprint density at radius 1 is 1.10 bits per heavy atom. The van der Waals surface area contributed by atoms with Crippen molar-refractivity contribution in [3.8, 4) is 5.75 Å². The van der Waals surface area contributed by atoms with Crippen molar-refractivity contribution >= 4 is 62.7 Å². The Bertz CT molecular complexity index is 1230. The third kappa shape index (κ3) is 2.89. The Kier molecular flexibility index (Phi) is 4.96. The van der Waals surface area contributed by atoms with Crippen LogP contribution >= 0.6 is 35.3 Å². The Morgan fingerprint density at radius 3 is 2.41 bits per heavy atom. The van der Waals surface area contributed by atoms with Gasteiger partial charge < -0.3 is 14.5 Å². The summed E-state index contributed by atoms with van der Waals surface area (Å²) in [4.78, 5) is 32.2. The van der Waals surface area contributed by atoms with Gasteiger partial charge in [0.15, 0.2) is 5.11 Å². The molecule has 29 heavy (non-hydrogen) atoms. The van der Waals surface area contributed by atoms with Crippen molar-refractivity contribution in [3.63, 3.8) is 0 Å². The van der Waals surface area contributed by atoms with Crippen LogP contribution in [0.25, 0.3) is 10.7 Å². The van der Waals surface area contributed by atoms with Gasteiger partial charge in [-0.25, -0.2) is 0 Å². The third-order valence-corrected chi connectivity index (χ3v) is 8.14. The molecule has 0 aliphatic carbocycles. The van der Waals surface area contributed by atoms with Crippen LogP contribution in [0.2, 0.25) is 0 Å². The van der Waals surface area contributed by atoms with Gasteiger partial charge >= 0.3 is 0 Å². The van der Waals surface area contributed by atoms with Crippen molar-refractivity contribution in [2.24, 2.45) is 0 Å². The van der Waals surface area contributed by atoms with Crippen molar-refractivity contribution in [2.45, 2.75) is 18.4 Å². The van der Waals surface area contributed by atoms with Crippen molar-refractivity contribution in [3.05, 3.63) is 37.7 Å². The van der Waals surface area contributed by atoms with Crippen LogP contribution in [-0.4, -0.2) is 53.6 Å². The first kappa shape index (κ1) is 20.0. The number of hydrogen-bond donors (Lipinski definition) is 0. The SMILES string of the molecule is CCn1c(=C2C(=O)N(C)C(=S)N2C)sc(=C2Sc3ccc(OC)cc3N2C)c1=O. The van der Waals surface area contributed by atoms with Gasteiger partial charge in [-0.3, -0.25) is 19.1 Å². The maximum atomic E-state index is 13.3. The van der Waals surface area contributed by atoms with Crippen molar-refractivity contribution < 1.29 is 9.53 Å². The van der Waals surface area contributed by atoms with Crippen LogP contribution in [-0.2, 0) is 11.3 Å². The molecule has 1 amide bonds. The van der Waals surface area contributed by atoms with E-state index in [2.05, 4.69) is 0 Å². The number of fused-ring (bicyclic) bond motifs is 1. The van der Waals surface area contributed by atoms with Crippen LogP contribution < -0.4 is 24.4 Å². The van der Waals surface area contributed by atoms with E-state index in [1.165, 1.54) is 16.2 Å². The monoisotopic (exact) mass is 448 g/mol. The number of hydrogen-bond acceptors (Lipinski definition) is 7. The average molecular weight is 449 g/mol.